The van der Waals surface area contributed by atoms with Crippen LogP contribution in [0.3, 0.4) is 0 Å². The lowest BCUT2D eigenvalue weighted by molar-refractivity contribution is 0.0368. The summed E-state index contributed by atoms with van der Waals surface area (Å²) in [6.45, 7) is 8.03. The summed E-state index contributed by atoms with van der Waals surface area (Å²) in [6.07, 6.45) is 8.88. The highest BCUT2D eigenvalue weighted by Gasteiger charge is 2.26. The molecule has 0 spiro atoms. The van der Waals surface area contributed by atoms with Gasteiger partial charge in [-0.25, -0.2) is 0 Å². The van der Waals surface area contributed by atoms with Gasteiger partial charge in [-0.2, -0.15) is 0 Å². The predicted octanol–water partition coefficient (Wildman–Crippen LogP) is 2.21. The van der Waals surface area contributed by atoms with Gasteiger partial charge < -0.3 is 25.4 Å². The number of guanidine groups is 1. The van der Waals surface area contributed by atoms with Crippen molar-refractivity contribution in [1.82, 2.24) is 15.5 Å². The molecule has 0 aromatic rings. The molecule has 1 aliphatic heterocycles. The molecule has 0 radical (unpaired) electrons. The van der Waals surface area contributed by atoms with E-state index in [1.807, 2.05) is 0 Å². The Kier molecular flexibility index (Phi) is 10.7. The summed E-state index contributed by atoms with van der Waals surface area (Å²) in [7, 11) is 0. The highest BCUT2D eigenvalue weighted by atomic mass is 127. The van der Waals surface area contributed by atoms with Gasteiger partial charge in [0, 0.05) is 38.8 Å². The van der Waals surface area contributed by atoms with Crippen molar-refractivity contribution < 1.29 is 9.84 Å². The minimum atomic E-state index is -0.522. The van der Waals surface area contributed by atoms with Gasteiger partial charge in [0.05, 0.1) is 19.3 Å². The van der Waals surface area contributed by atoms with Crippen LogP contribution in [0.15, 0.2) is 4.99 Å². The number of halogens is 1. The number of hydrogen-bond acceptors (Lipinski definition) is 4. The van der Waals surface area contributed by atoms with E-state index in [4.69, 9.17) is 4.74 Å². The first-order valence-corrected chi connectivity index (χ1v) is 10.8. The Morgan fingerprint density at radius 3 is 2.67 bits per heavy atom. The molecule has 1 heterocycles. The van der Waals surface area contributed by atoms with Gasteiger partial charge in [0.25, 0.3) is 0 Å². The van der Waals surface area contributed by atoms with Crippen LogP contribution in [0.2, 0.25) is 0 Å². The van der Waals surface area contributed by atoms with Gasteiger partial charge in [0.15, 0.2) is 5.96 Å². The largest absolute Gasteiger partial charge is 0.389 e. The fourth-order valence-corrected chi connectivity index (χ4v) is 4.09. The summed E-state index contributed by atoms with van der Waals surface area (Å²) in [5.74, 6) is 2.47. The molecule has 6 nitrogen and oxygen atoms in total. The molecule has 3 N–H and O–H groups in total. The van der Waals surface area contributed by atoms with Crippen LogP contribution in [0.25, 0.3) is 0 Å². The number of nitrogens with zero attached hydrogens (tertiary/aromatic N) is 2. The molecule has 158 valence electrons. The van der Waals surface area contributed by atoms with Crippen molar-refractivity contribution in [2.75, 3.05) is 45.9 Å². The molecule has 3 rings (SSSR count). The van der Waals surface area contributed by atoms with Crippen LogP contribution in [0.5, 0.6) is 0 Å². The number of aliphatic hydroxyl groups excluding tert-OH is 1. The highest BCUT2D eigenvalue weighted by Crippen LogP contribution is 2.28. The zero-order valence-corrected chi connectivity index (χ0v) is 19.2. The zero-order valence-electron chi connectivity index (χ0n) is 16.9. The van der Waals surface area contributed by atoms with Crippen LogP contribution in [-0.4, -0.2) is 74.0 Å². The average Bonchev–Trinajstić information content (AvgIpc) is 3.11. The summed E-state index contributed by atoms with van der Waals surface area (Å²) < 4.78 is 5.56. The van der Waals surface area contributed by atoms with E-state index in [1.165, 1.54) is 58.0 Å². The molecule has 1 saturated heterocycles. The maximum atomic E-state index is 10.1. The number of rotatable bonds is 10. The van der Waals surface area contributed by atoms with Crippen LogP contribution in [0, 0.1) is 11.8 Å². The quantitative estimate of drug-likeness (QED) is 0.247. The van der Waals surface area contributed by atoms with Gasteiger partial charge in [0.2, 0.25) is 0 Å². The first-order chi connectivity index (χ1) is 12.7. The predicted molar refractivity (Wildman–Crippen MR) is 121 cm³/mol. The van der Waals surface area contributed by atoms with E-state index >= 15 is 0 Å². The molecule has 7 heteroatoms. The molecule has 0 aromatic heterocycles. The molecule has 3 aliphatic rings. The molecule has 0 aromatic carbocycles. The fourth-order valence-electron chi connectivity index (χ4n) is 4.09. The topological polar surface area (TPSA) is 69.1 Å². The van der Waals surface area contributed by atoms with Crippen LogP contribution in [0.1, 0.15) is 51.9 Å². The van der Waals surface area contributed by atoms with E-state index in [1.54, 1.807) is 0 Å². The maximum absolute atomic E-state index is 10.1. The van der Waals surface area contributed by atoms with Crippen LogP contribution in [-0.2, 0) is 4.74 Å². The van der Waals surface area contributed by atoms with Crippen LogP contribution < -0.4 is 10.6 Å². The first kappa shape index (κ1) is 23.2. The van der Waals surface area contributed by atoms with Gasteiger partial charge in [-0.1, -0.05) is 12.8 Å². The monoisotopic (exact) mass is 494 g/mol. The van der Waals surface area contributed by atoms with Gasteiger partial charge in [-0.15, -0.1) is 24.0 Å². The molecular formula is C20H39IN4O2. The van der Waals surface area contributed by atoms with E-state index in [0.717, 1.165) is 37.5 Å². The molecule has 0 amide bonds. The molecular weight excluding hydrogens is 455 g/mol. The van der Waals surface area contributed by atoms with E-state index in [9.17, 15) is 5.11 Å². The standard InChI is InChI=1S/C20H38N4O2.HI/c1-2-21-20(22-11-19(25)15-26-14-17-7-8-17)23-18-9-10-24(13-18)12-16-5-3-4-6-16;/h16-19,25H,2-15H2,1H3,(H2,21,22,23);1H. The van der Waals surface area contributed by atoms with Crippen molar-refractivity contribution in [3.63, 3.8) is 0 Å². The Hall–Kier alpha value is -0.120. The number of hydrogen-bond donors (Lipinski definition) is 3. The second-order valence-corrected chi connectivity index (χ2v) is 8.39. The van der Waals surface area contributed by atoms with Crippen LogP contribution >= 0.6 is 24.0 Å². The third-order valence-corrected chi connectivity index (χ3v) is 5.77. The number of nitrogens with one attached hydrogen (secondary N) is 2. The molecule has 3 fully saturated rings. The summed E-state index contributed by atoms with van der Waals surface area (Å²) in [4.78, 5) is 7.17. The van der Waals surface area contributed by atoms with E-state index in [2.05, 4.69) is 27.4 Å². The normalized spacial score (nSPS) is 25.4. The Labute approximate surface area is 181 Å². The Balaban J connectivity index is 0.00000261. The fraction of sp³-hybridized carbons (Fsp3) is 0.950. The summed E-state index contributed by atoms with van der Waals surface area (Å²) >= 11 is 0. The van der Waals surface area contributed by atoms with Gasteiger partial charge in [-0.3, -0.25) is 4.99 Å². The number of aliphatic hydroxyl groups is 1. The molecule has 2 atom stereocenters. The average molecular weight is 494 g/mol. The molecule has 2 aliphatic carbocycles. The molecule has 2 unspecified atom stereocenters. The molecule has 0 bridgehead atoms. The smallest absolute Gasteiger partial charge is 0.191 e. The number of aliphatic imine (C=N–C) groups is 1. The van der Waals surface area contributed by atoms with Crippen LogP contribution in [0.4, 0.5) is 0 Å². The Morgan fingerprint density at radius 2 is 1.96 bits per heavy atom. The highest BCUT2D eigenvalue weighted by molar-refractivity contribution is 14.0. The lowest BCUT2D eigenvalue weighted by atomic mass is 10.1. The second kappa shape index (κ2) is 12.4. The third-order valence-electron chi connectivity index (χ3n) is 5.77. The summed E-state index contributed by atoms with van der Waals surface area (Å²) in [5.41, 5.74) is 0. The second-order valence-electron chi connectivity index (χ2n) is 8.39. The van der Waals surface area contributed by atoms with E-state index in [-0.39, 0.29) is 24.0 Å². The van der Waals surface area contributed by atoms with Crippen molar-refractivity contribution >= 4 is 29.9 Å². The Morgan fingerprint density at radius 1 is 1.19 bits per heavy atom. The minimum absolute atomic E-state index is 0. The lowest BCUT2D eigenvalue weighted by Gasteiger charge is -2.21. The van der Waals surface area contributed by atoms with Gasteiger partial charge in [0.1, 0.15) is 0 Å². The van der Waals surface area contributed by atoms with Gasteiger partial charge >= 0.3 is 0 Å². The SMILES string of the molecule is CCNC(=NCC(O)COCC1CC1)NC1CCN(CC2CCCC2)C1.I. The van der Waals surface area contributed by atoms with Gasteiger partial charge in [-0.05, 0) is 50.9 Å². The van der Waals surface area contributed by atoms with E-state index in [0.29, 0.717) is 19.2 Å². The van der Waals surface area contributed by atoms with Crippen molar-refractivity contribution in [2.45, 2.75) is 64.0 Å². The minimum Gasteiger partial charge on any atom is -0.389 e. The molecule has 27 heavy (non-hydrogen) atoms. The first-order valence-electron chi connectivity index (χ1n) is 10.8. The summed E-state index contributed by atoms with van der Waals surface area (Å²) in [5, 5.41) is 16.9. The van der Waals surface area contributed by atoms with Crippen molar-refractivity contribution in [3.05, 3.63) is 0 Å². The van der Waals surface area contributed by atoms with E-state index < -0.39 is 6.10 Å². The van der Waals surface area contributed by atoms with Crippen molar-refractivity contribution in [2.24, 2.45) is 16.8 Å². The number of ether oxygens (including phenoxy) is 1. The molecule has 2 saturated carbocycles. The van der Waals surface area contributed by atoms with Crippen molar-refractivity contribution in [1.29, 1.82) is 0 Å². The summed E-state index contributed by atoms with van der Waals surface area (Å²) in [6, 6.07) is 0.456. The Bertz CT molecular complexity index is 442. The zero-order chi connectivity index (χ0) is 18.2. The lowest BCUT2D eigenvalue weighted by Crippen LogP contribution is -2.45. The maximum Gasteiger partial charge on any atom is 0.191 e. The third kappa shape index (κ3) is 8.83. The van der Waals surface area contributed by atoms with Crippen molar-refractivity contribution in [3.8, 4) is 0 Å². The number of likely N-dealkylation sites (tertiary alicyclic amines) is 1.